The molecule has 4 rings (SSSR count). The zero-order valence-corrected chi connectivity index (χ0v) is 12.8. The molecule has 0 radical (unpaired) electrons. The molecule has 0 saturated carbocycles. The molecule has 0 unspecified atom stereocenters. The summed E-state index contributed by atoms with van der Waals surface area (Å²) in [6, 6.07) is 9.57. The van der Waals surface area contributed by atoms with Gasteiger partial charge in [0.05, 0.1) is 18.1 Å². The number of carbonyl (C=O) groups excluding carboxylic acids is 1. The topological polar surface area (TPSA) is 51.9 Å². The van der Waals surface area contributed by atoms with Crippen LogP contribution in [0.2, 0.25) is 0 Å². The van der Waals surface area contributed by atoms with Crippen molar-refractivity contribution >= 4 is 17.7 Å². The van der Waals surface area contributed by atoms with Gasteiger partial charge in [-0.1, -0.05) is 6.07 Å². The molecule has 22 heavy (non-hydrogen) atoms. The number of thioether (sulfide) groups is 1. The molecule has 1 saturated heterocycles. The summed E-state index contributed by atoms with van der Waals surface area (Å²) in [5.41, 5.74) is 1.04. The monoisotopic (exact) mass is 317 g/mol. The molecule has 5 nitrogen and oxygen atoms in total. The fourth-order valence-corrected chi connectivity index (χ4v) is 4.00. The summed E-state index contributed by atoms with van der Waals surface area (Å²) in [4.78, 5) is 14.3. The fraction of sp³-hybridized carbons (Fsp3) is 0.312. The van der Waals surface area contributed by atoms with E-state index in [1.807, 2.05) is 42.2 Å². The van der Waals surface area contributed by atoms with Gasteiger partial charge in [-0.2, -0.15) is 0 Å². The van der Waals surface area contributed by atoms with Crippen LogP contribution in [-0.2, 0) is 11.3 Å². The van der Waals surface area contributed by atoms with Crippen molar-refractivity contribution in [2.24, 2.45) is 0 Å². The maximum Gasteiger partial charge on any atom is 0.237 e. The van der Waals surface area contributed by atoms with Crippen LogP contribution in [0.4, 0.5) is 0 Å². The van der Waals surface area contributed by atoms with Crippen LogP contribution in [0.1, 0.15) is 23.6 Å². The molecule has 0 spiro atoms. The first-order chi connectivity index (χ1) is 10.7. The van der Waals surface area contributed by atoms with E-state index in [4.69, 9.17) is 13.9 Å². The van der Waals surface area contributed by atoms with Crippen LogP contribution in [0.3, 0.4) is 0 Å². The van der Waals surface area contributed by atoms with Crippen LogP contribution in [0.25, 0.3) is 0 Å². The normalized spacial score (nSPS) is 23.3. The van der Waals surface area contributed by atoms with Crippen LogP contribution in [0.5, 0.6) is 11.5 Å². The summed E-state index contributed by atoms with van der Waals surface area (Å²) in [7, 11) is 0. The van der Waals surface area contributed by atoms with Crippen LogP contribution in [0.15, 0.2) is 41.0 Å². The number of nitrogens with zero attached hydrogens (tertiary/aromatic N) is 1. The summed E-state index contributed by atoms with van der Waals surface area (Å²) < 4.78 is 16.2. The van der Waals surface area contributed by atoms with Gasteiger partial charge in [0, 0.05) is 0 Å². The lowest BCUT2D eigenvalue weighted by Crippen LogP contribution is -2.29. The van der Waals surface area contributed by atoms with E-state index < -0.39 is 0 Å². The lowest BCUT2D eigenvalue weighted by Gasteiger charge is -2.23. The van der Waals surface area contributed by atoms with Crippen LogP contribution in [-0.4, -0.2) is 22.8 Å². The molecule has 1 amide bonds. The lowest BCUT2D eigenvalue weighted by atomic mass is 10.1. The summed E-state index contributed by atoms with van der Waals surface area (Å²) in [6.07, 6.45) is 1.63. The minimum Gasteiger partial charge on any atom is -0.467 e. The third-order valence-electron chi connectivity index (χ3n) is 3.84. The molecule has 114 valence electrons. The highest BCUT2D eigenvalue weighted by Crippen LogP contribution is 2.46. The number of benzene rings is 1. The average molecular weight is 317 g/mol. The number of hydrogen-bond donors (Lipinski definition) is 0. The highest BCUT2D eigenvalue weighted by atomic mass is 32.2. The Morgan fingerprint density at radius 2 is 2.14 bits per heavy atom. The van der Waals surface area contributed by atoms with Gasteiger partial charge in [0.2, 0.25) is 12.7 Å². The maximum absolute atomic E-state index is 12.5. The fourth-order valence-electron chi connectivity index (χ4n) is 2.73. The predicted octanol–water partition coefficient (Wildman–Crippen LogP) is 3.17. The predicted molar refractivity (Wildman–Crippen MR) is 81.6 cm³/mol. The summed E-state index contributed by atoms with van der Waals surface area (Å²) in [6.45, 7) is 2.67. The van der Waals surface area contributed by atoms with E-state index in [9.17, 15) is 4.79 Å². The van der Waals surface area contributed by atoms with E-state index >= 15 is 0 Å². The molecule has 3 heterocycles. The Labute approximate surface area is 132 Å². The first kappa shape index (κ1) is 13.6. The van der Waals surface area contributed by atoms with Gasteiger partial charge in [-0.3, -0.25) is 4.79 Å². The number of amides is 1. The Morgan fingerprint density at radius 3 is 2.95 bits per heavy atom. The highest BCUT2D eigenvalue weighted by Gasteiger charge is 2.39. The lowest BCUT2D eigenvalue weighted by molar-refractivity contribution is -0.130. The van der Waals surface area contributed by atoms with Crippen molar-refractivity contribution in [3.8, 4) is 11.5 Å². The Balaban J connectivity index is 1.65. The van der Waals surface area contributed by atoms with Crippen LogP contribution in [0, 0.1) is 0 Å². The average Bonchev–Trinajstić information content (AvgIpc) is 3.24. The van der Waals surface area contributed by atoms with Crippen molar-refractivity contribution in [2.45, 2.75) is 24.1 Å². The number of carbonyl (C=O) groups is 1. The quantitative estimate of drug-likeness (QED) is 0.870. The van der Waals surface area contributed by atoms with E-state index in [0.717, 1.165) is 22.8 Å². The molecule has 2 aromatic rings. The Hall–Kier alpha value is -2.08. The number of rotatable bonds is 3. The van der Waals surface area contributed by atoms with Crippen molar-refractivity contribution < 1.29 is 18.7 Å². The second-order valence-electron chi connectivity index (χ2n) is 5.29. The van der Waals surface area contributed by atoms with E-state index in [1.165, 1.54) is 0 Å². The van der Waals surface area contributed by atoms with Crippen molar-refractivity contribution in [3.63, 3.8) is 0 Å². The zero-order valence-electron chi connectivity index (χ0n) is 12.0. The molecule has 0 aliphatic carbocycles. The van der Waals surface area contributed by atoms with E-state index in [-0.39, 0.29) is 23.3 Å². The molecule has 2 aliphatic rings. The van der Waals surface area contributed by atoms with E-state index in [1.54, 1.807) is 18.0 Å². The van der Waals surface area contributed by atoms with Gasteiger partial charge < -0.3 is 18.8 Å². The molecule has 0 N–H and O–H groups in total. The number of fused-ring (bicyclic) bond motifs is 1. The summed E-state index contributed by atoms with van der Waals surface area (Å²) in [5, 5.41) is -0.104. The number of furan rings is 1. The summed E-state index contributed by atoms with van der Waals surface area (Å²) in [5.74, 6) is 2.41. The van der Waals surface area contributed by atoms with Gasteiger partial charge in [-0.15, -0.1) is 11.8 Å². The molecule has 6 heteroatoms. The minimum absolute atomic E-state index is 0.0397. The molecule has 2 atom stereocenters. The first-order valence-corrected chi connectivity index (χ1v) is 8.04. The van der Waals surface area contributed by atoms with E-state index in [0.29, 0.717) is 6.54 Å². The van der Waals surface area contributed by atoms with Gasteiger partial charge in [0.1, 0.15) is 11.1 Å². The highest BCUT2D eigenvalue weighted by molar-refractivity contribution is 8.01. The van der Waals surface area contributed by atoms with Crippen LogP contribution < -0.4 is 9.47 Å². The minimum atomic E-state index is -0.0645. The SMILES string of the molecule is C[C@@H]1S[C@@H](c2ccc3c(c2)OCO3)N(Cc2ccco2)C1=O. The van der Waals surface area contributed by atoms with E-state index in [2.05, 4.69) is 0 Å². The molecule has 1 aromatic carbocycles. The van der Waals surface area contributed by atoms with Crippen molar-refractivity contribution in [3.05, 3.63) is 47.9 Å². The third-order valence-corrected chi connectivity index (χ3v) is 5.23. The Kier molecular flexibility index (Phi) is 3.26. The molecule has 1 fully saturated rings. The second kappa shape index (κ2) is 5.28. The zero-order chi connectivity index (χ0) is 15.1. The standard InChI is InChI=1S/C16H15NO4S/c1-10-15(18)17(8-12-3-2-6-19-12)16(22-10)11-4-5-13-14(7-11)21-9-20-13/h2-7,10,16H,8-9H2,1H3/t10-,16-/m0/s1. The smallest absolute Gasteiger partial charge is 0.237 e. The van der Waals surface area contributed by atoms with Gasteiger partial charge in [-0.05, 0) is 36.8 Å². The van der Waals surface area contributed by atoms with Crippen molar-refractivity contribution in [1.29, 1.82) is 0 Å². The molecule has 2 aliphatic heterocycles. The third kappa shape index (κ3) is 2.23. The van der Waals surface area contributed by atoms with Crippen LogP contribution >= 0.6 is 11.8 Å². The molecular formula is C16H15NO4S. The number of ether oxygens (including phenoxy) is 2. The number of hydrogen-bond acceptors (Lipinski definition) is 5. The Bertz CT molecular complexity index is 700. The van der Waals surface area contributed by atoms with Gasteiger partial charge in [-0.25, -0.2) is 0 Å². The van der Waals surface area contributed by atoms with Gasteiger partial charge in [0.15, 0.2) is 11.5 Å². The van der Waals surface area contributed by atoms with Gasteiger partial charge in [0.25, 0.3) is 0 Å². The molecule has 0 bridgehead atoms. The molecular weight excluding hydrogens is 302 g/mol. The van der Waals surface area contributed by atoms with Gasteiger partial charge >= 0.3 is 0 Å². The molecule has 1 aromatic heterocycles. The van der Waals surface area contributed by atoms with Crippen molar-refractivity contribution in [2.75, 3.05) is 6.79 Å². The maximum atomic E-state index is 12.5. The first-order valence-electron chi connectivity index (χ1n) is 7.10. The Morgan fingerprint density at radius 1 is 1.27 bits per heavy atom. The van der Waals surface area contributed by atoms with Crippen molar-refractivity contribution in [1.82, 2.24) is 4.90 Å². The second-order valence-corrected chi connectivity index (χ2v) is 6.71. The largest absolute Gasteiger partial charge is 0.467 e. The summed E-state index contributed by atoms with van der Waals surface area (Å²) >= 11 is 1.64.